The van der Waals surface area contributed by atoms with Gasteiger partial charge in [0.25, 0.3) is 5.91 Å². The largest absolute Gasteiger partial charge is 0.459 e. The highest BCUT2D eigenvalue weighted by atomic mass is 16.3. The Balaban J connectivity index is 1.69. The number of hydrogen-bond acceptors (Lipinski definition) is 4. The molecule has 136 valence electrons. The molecule has 0 saturated heterocycles. The van der Waals surface area contributed by atoms with E-state index in [-0.39, 0.29) is 23.6 Å². The number of carbonyl (C=O) groups is 2. The number of fused-ring (bicyclic) bond motifs is 1. The van der Waals surface area contributed by atoms with Gasteiger partial charge in [0.15, 0.2) is 5.76 Å². The van der Waals surface area contributed by atoms with Crippen molar-refractivity contribution in [1.29, 1.82) is 0 Å². The molecule has 0 aliphatic carbocycles. The van der Waals surface area contributed by atoms with Crippen LogP contribution in [0.25, 0.3) is 11.0 Å². The van der Waals surface area contributed by atoms with Crippen LogP contribution < -0.4 is 10.6 Å². The number of amides is 2. The van der Waals surface area contributed by atoms with Gasteiger partial charge in [0.05, 0.1) is 12.3 Å². The molecule has 0 aliphatic rings. The Kier molecular flexibility index (Phi) is 5.11. The van der Waals surface area contributed by atoms with Crippen LogP contribution >= 0.6 is 0 Å². The normalized spacial score (nSPS) is 13.5. The summed E-state index contributed by atoms with van der Waals surface area (Å²) < 4.78 is 10.9. The van der Waals surface area contributed by atoms with Crippen molar-refractivity contribution in [1.82, 2.24) is 10.6 Å². The molecule has 6 nitrogen and oxygen atoms in total. The Morgan fingerprint density at radius 3 is 2.42 bits per heavy atom. The van der Waals surface area contributed by atoms with E-state index in [1.807, 2.05) is 51.1 Å². The lowest BCUT2D eigenvalue weighted by Crippen LogP contribution is -2.50. The van der Waals surface area contributed by atoms with Gasteiger partial charge in [-0.25, -0.2) is 0 Å². The molecule has 0 saturated carbocycles. The highest BCUT2D eigenvalue weighted by Gasteiger charge is 2.27. The predicted octanol–water partition coefficient (Wildman–Crippen LogP) is 3.66. The standard InChI is InChI=1S/C20H22N2O4/c1-12(2)18(22-19(23)16-9-6-10-25-16)20(24)21-13(3)17-11-14-7-4-5-8-15(14)26-17/h4-13,18H,1-3H3,(H,21,24)(H,22,23). The molecule has 1 aromatic carbocycles. The molecule has 2 amide bonds. The van der Waals surface area contributed by atoms with Gasteiger partial charge in [-0.15, -0.1) is 0 Å². The zero-order valence-electron chi connectivity index (χ0n) is 15.0. The van der Waals surface area contributed by atoms with E-state index in [1.54, 1.807) is 12.1 Å². The topological polar surface area (TPSA) is 84.5 Å². The van der Waals surface area contributed by atoms with E-state index in [0.717, 1.165) is 11.0 Å². The van der Waals surface area contributed by atoms with Crippen molar-refractivity contribution in [2.45, 2.75) is 32.9 Å². The molecule has 26 heavy (non-hydrogen) atoms. The zero-order chi connectivity index (χ0) is 18.7. The second kappa shape index (κ2) is 7.47. The molecule has 2 N–H and O–H groups in total. The van der Waals surface area contributed by atoms with Gasteiger partial charge in [0.1, 0.15) is 17.4 Å². The van der Waals surface area contributed by atoms with Gasteiger partial charge in [0.2, 0.25) is 5.91 Å². The second-order valence-electron chi connectivity index (χ2n) is 6.59. The van der Waals surface area contributed by atoms with Crippen LogP contribution in [-0.4, -0.2) is 17.9 Å². The Labute approximate surface area is 151 Å². The van der Waals surface area contributed by atoms with E-state index in [9.17, 15) is 9.59 Å². The van der Waals surface area contributed by atoms with Crippen LogP contribution in [0.4, 0.5) is 0 Å². The Hall–Kier alpha value is -3.02. The number of carbonyl (C=O) groups excluding carboxylic acids is 2. The van der Waals surface area contributed by atoms with Crippen LogP contribution in [0.2, 0.25) is 0 Å². The number of nitrogens with one attached hydrogen (secondary N) is 2. The quantitative estimate of drug-likeness (QED) is 0.707. The minimum absolute atomic E-state index is 0.0863. The van der Waals surface area contributed by atoms with E-state index in [0.29, 0.717) is 5.76 Å². The summed E-state index contributed by atoms with van der Waals surface area (Å²) in [6.07, 6.45) is 1.42. The maximum Gasteiger partial charge on any atom is 0.287 e. The average molecular weight is 354 g/mol. The lowest BCUT2D eigenvalue weighted by atomic mass is 10.0. The summed E-state index contributed by atoms with van der Waals surface area (Å²) in [6.45, 7) is 5.60. The van der Waals surface area contributed by atoms with Crippen LogP contribution in [0.15, 0.2) is 57.6 Å². The van der Waals surface area contributed by atoms with Crippen molar-refractivity contribution in [3.63, 3.8) is 0 Å². The van der Waals surface area contributed by atoms with Crippen molar-refractivity contribution in [3.8, 4) is 0 Å². The molecule has 0 fully saturated rings. The van der Waals surface area contributed by atoms with E-state index >= 15 is 0 Å². The molecule has 0 bridgehead atoms. The third kappa shape index (κ3) is 3.79. The summed E-state index contributed by atoms with van der Waals surface area (Å²) in [5, 5.41) is 6.62. The van der Waals surface area contributed by atoms with Crippen LogP contribution in [0, 0.1) is 5.92 Å². The van der Waals surface area contributed by atoms with Crippen LogP contribution in [-0.2, 0) is 4.79 Å². The first kappa shape index (κ1) is 17.8. The first-order valence-electron chi connectivity index (χ1n) is 8.59. The van der Waals surface area contributed by atoms with Gasteiger partial charge < -0.3 is 19.5 Å². The number of para-hydroxylation sites is 1. The van der Waals surface area contributed by atoms with Gasteiger partial charge in [0, 0.05) is 5.39 Å². The van der Waals surface area contributed by atoms with E-state index in [1.165, 1.54) is 6.26 Å². The molecule has 0 aliphatic heterocycles. The van der Waals surface area contributed by atoms with Gasteiger partial charge in [-0.2, -0.15) is 0 Å². The first-order chi connectivity index (χ1) is 12.5. The van der Waals surface area contributed by atoms with Crippen molar-refractivity contribution in [2.24, 2.45) is 5.92 Å². The third-order valence-electron chi connectivity index (χ3n) is 4.21. The van der Waals surface area contributed by atoms with Crippen molar-refractivity contribution < 1.29 is 18.4 Å². The zero-order valence-corrected chi connectivity index (χ0v) is 15.0. The van der Waals surface area contributed by atoms with E-state index in [4.69, 9.17) is 8.83 Å². The SMILES string of the molecule is CC(NC(=O)C(NC(=O)c1ccco1)C(C)C)c1cc2ccccc2o1. The number of hydrogen-bond donors (Lipinski definition) is 2. The number of benzene rings is 1. The van der Waals surface area contributed by atoms with Gasteiger partial charge in [-0.3, -0.25) is 9.59 Å². The molecular formula is C20H22N2O4. The maximum atomic E-state index is 12.7. The fourth-order valence-corrected chi connectivity index (χ4v) is 2.75. The Morgan fingerprint density at radius 2 is 1.77 bits per heavy atom. The molecule has 2 heterocycles. The molecule has 6 heteroatoms. The minimum atomic E-state index is -0.681. The van der Waals surface area contributed by atoms with Crippen molar-refractivity contribution >= 4 is 22.8 Å². The Bertz CT molecular complexity index is 863. The van der Waals surface area contributed by atoms with Crippen LogP contribution in [0.3, 0.4) is 0 Å². The molecule has 3 aromatic rings. The highest BCUT2D eigenvalue weighted by Crippen LogP contribution is 2.23. The molecule has 2 unspecified atom stereocenters. The molecule has 0 spiro atoms. The summed E-state index contributed by atoms with van der Waals surface area (Å²) in [6, 6.07) is 11.8. The number of furan rings is 2. The second-order valence-corrected chi connectivity index (χ2v) is 6.59. The Morgan fingerprint density at radius 1 is 1.00 bits per heavy atom. The highest BCUT2D eigenvalue weighted by molar-refractivity contribution is 5.95. The third-order valence-corrected chi connectivity index (χ3v) is 4.21. The summed E-state index contributed by atoms with van der Waals surface area (Å²) in [5.41, 5.74) is 0.773. The summed E-state index contributed by atoms with van der Waals surface area (Å²) in [7, 11) is 0. The summed E-state index contributed by atoms with van der Waals surface area (Å²) >= 11 is 0. The predicted molar refractivity (Wildman–Crippen MR) is 97.6 cm³/mol. The molecular weight excluding hydrogens is 332 g/mol. The average Bonchev–Trinajstić information content (AvgIpc) is 3.28. The fourth-order valence-electron chi connectivity index (χ4n) is 2.75. The van der Waals surface area contributed by atoms with Gasteiger partial charge in [-0.05, 0) is 37.1 Å². The fraction of sp³-hybridized carbons (Fsp3) is 0.300. The van der Waals surface area contributed by atoms with Crippen molar-refractivity contribution in [3.05, 3.63) is 60.2 Å². The van der Waals surface area contributed by atoms with E-state index in [2.05, 4.69) is 10.6 Å². The molecule has 3 rings (SSSR count). The monoisotopic (exact) mass is 354 g/mol. The summed E-state index contributed by atoms with van der Waals surface area (Å²) in [4.78, 5) is 24.9. The number of rotatable bonds is 6. The first-order valence-corrected chi connectivity index (χ1v) is 8.59. The van der Waals surface area contributed by atoms with Gasteiger partial charge >= 0.3 is 0 Å². The lowest BCUT2D eigenvalue weighted by Gasteiger charge is -2.23. The smallest absolute Gasteiger partial charge is 0.287 e. The summed E-state index contributed by atoms with van der Waals surface area (Å²) in [5.74, 6) is 0.0677. The molecule has 0 radical (unpaired) electrons. The van der Waals surface area contributed by atoms with Crippen molar-refractivity contribution in [2.75, 3.05) is 0 Å². The molecule has 2 aromatic heterocycles. The maximum absolute atomic E-state index is 12.7. The molecule has 2 atom stereocenters. The van der Waals surface area contributed by atoms with E-state index < -0.39 is 11.9 Å². The van der Waals surface area contributed by atoms with Crippen LogP contribution in [0.5, 0.6) is 0 Å². The van der Waals surface area contributed by atoms with Gasteiger partial charge in [-0.1, -0.05) is 32.0 Å². The van der Waals surface area contributed by atoms with Crippen LogP contribution in [0.1, 0.15) is 43.1 Å². The minimum Gasteiger partial charge on any atom is -0.459 e. The lowest BCUT2D eigenvalue weighted by molar-refractivity contribution is -0.124.